The molecular weight excluding hydrogens is 250 g/mol. The number of hydrogen-bond donors (Lipinski definition) is 0. The third-order valence-corrected chi connectivity index (χ3v) is 3.59. The maximum Gasteiger partial charge on any atom is 0.261 e. The zero-order chi connectivity index (χ0) is 11.8. The molecule has 0 aliphatic carbocycles. The Kier molecular flexibility index (Phi) is 2.69. The van der Waals surface area contributed by atoms with Gasteiger partial charge in [-0.25, -0.2) is 13.1 Å². The number of hydrogen-bond acceptors (Lipinski definition) is 4. The van der Waals surface area contributed by atoms with E-state index in [4.69, 9.17) is 10.7 Å². The van der Waals surface area contributed by atoms with Crippen molar-refractivity contribution in [2.24, 2.45) is 0 Å². The fraction of sp³-hybridized carbons (Fsp3) is 0.111. The van der Waals surface area contributed by atoms with Crippen molar-refractivity contribution in [3.63, 3.8) is 0 Å². The summed E-state index contributed by atoms with van der Waals surface area (Å²) >= 11 is 0. The highest BCUT2D eigenvalue weighted by Crippen LogP contribution is 2.21. The van der Waals surface area contributed by atoms with Crippen molar-refractivity contribution in [2.45, 2.75) is 11.8 Å². The molecule has 0 unspecified atom stereocenters. The Morgan fingerprint density at radius 2 is 2.12 bits per heavy atom. The molecule has 0 saturated heterocycles. The predicted molar refractivity (Wildman–Crippen MR) is 59.1 cm³/mol. The van der Waals surface area contributed by atoms with Crippen molar-refractivity contribution in [3.8, 4) is 5.69 Å². The van der Waals surface area contributed by atoms with Crippen LogP contribution in [0.25, 0.3) is 5.69 Å². The summed E-state index contributed by atoms with van der Waals surface area (Å²) in [4.78, 5) is 0.109. The third-order valence-electron chi connectivity index (χ3n) is 2.11. The van der Waals surface area contributed by atoms with Gasteiger partial charge in [0.1, 0.15) is 0 Å². The van der Waals surface area contributed by atoms with Crippen LogP contribution >= 0.6 is 10.7 Å². The van der Waals surface area contributed by atoms with Gasteiger partial charge in [-0.3, -0.25) is 0 Å². The zero-order valence-corrected chi connectivity index (χ0v) is 9.90. The van der Waals surface area contributed by atoms with Crippen molar-refractivity contribution in [1.82, 2.24) is 15.0 Å². The second-order valence-corrected chi connectivity index (χ2v) is 5.77. The molecule has 0 aliphatic rings. The molecule has 2 aromatic rings. The average molecular weight is 258 g/mol. The minimum absolute atomic E-state index is 0.109. The minimum atomic E-state index is -3.69. The lowest BCUT2D eigenvalue weighted by Crippen LogP contribution is -1.99. The standard InChI is InChI=1S/C9H8ClN3O2S/c1-7-6-8(13-5-4-11-12-13)2-3-9(7)16(10,14)15/h2-6H,1H3. The molecule has 2 rings (SSSR count). The molecule has 0 radical (unpaired) electrons. The van der Waals surface area contributed by atoms with E-state index in [0.29, 0.717) is 5.56 Å². The van der Waals surface area contributed by atoms with Crippen molar-refractivity contribution in [2.75, 3.05) is 0 Å². The van der Waals surface area contributed by atoms with Gasteiger partial charge in [0.15, 0.2) is 0 Å². The molecule has 0 bridgehead atoms. The lowest BCUT2D eigenvalue weighted by Gasteiger charge is -2.05. The van der Waals surface area contributed by atoms with Crippen LogP contribution in [0.15, 0.2) is 35.5 Å². The summed E-state index contributed by atoms with van der Waals surface area (Å²) in [7, 11) is 1.59. The van der Waals surface area contributed by atoms with E-state index in [-0.39, 0.29) is 4.90 Å². The summed E-state index contributed by atoms with van der Waals surface area (Å²) in [5, 5.41) is 7.47. The molecule has 0 spiro atoms. The van der Waals surface area contributed by atoms with Crippen LogP contribution in [0.5, 0.6) is 0 Å². The molecule has 0 saturated carbocycles. The van der Waals surface area contributed by atoms with E-state index in [1.807, 2.05) is 0 Å². The minimum Gasteiger partial charge on any atom is -0.221 e. The maximum absolute atomic E-state index is 11.2. The monoisotopic (exact) mass is 257 g/mol. The number of aryl methyl sites for hydroxylation is 1. The van der Waals surface area contributed by atoms with E-state index in [0.717, 1.165) is 5.69 Å². The first kappa shape index (κ1) is 11.1. The molecular formula is C9H8ClN3O2S. The van der Waals surface area contributed by atoms with Crippen LogP contribution in [0.1, 0.15) is 5.56 Å². The average Bonchev–Trinajstić information content (AvgIpc) is 2.68. The number of aromatic nitrogens is 3. The molecule has 0 amide bonds. The molecule has 0 aliphatic heterocycles. The van der Waals surface area contributed by atoms with E-state index in [1.165, 1.54) is 10.7 Å². The van der Waals surface area contributed by atoms with E-state index in [1.54, 1.807) is 31.5 Å². The Morgan fingerprint density at radius 1 is 1.38 bits per heavy atom. The van der Waals surface area contributed by atoms with E-state index in [9.17, 15) is 8.42 Å². The van der Waals surface area contributed by atoms with Crippen LogP contribution < -0.4 is 0 Å². The molecule has 5 nitrogen and oxygen atoms in total. The number of rotatable bonds is 2. The first-order chi connectivity index (χ1) is 7.48. The molecule has 16 heavy (non-hydrogen) atoms. The quantitative estimate of drug-likeness (QED) is 0.765. The predicted octanol–water partition coefficient (Wildman–Crippen LogP) is 1.50. The first-order valence-electron chi connectivity index (χ1n) is 4.40. The molecule has 0 atom stereocenters. The van der Waals surface area contributed by atoms with Gasteiger partial charge in [0.25, 0.3) is 9.05 Å². The van der Waals surface area contributed by atoms with Crippen molar-refractivity contribution >= 4 is 19.7 Å². The van der Waals surface area contributed by atoms with Crippen LogP contribution in [-0.2, 0) is 9.05 Å². The number of halogens is 1. The SMILES string of the molecule is Cc1cc(-n2ccnn2)ccc1S(=O)(=O)Cl. The molecule has 1 aromatic carbocycles. The first-order valence-corrected chi connectivity index (χ1v) is 6.71. The third kappa shape index (κ3) is 2.07. The maximum atomic E-state index is 11.2. The Labute approximate surface area is 97.1 Å². The van der Waals surface area contributed by atoms with Gasteiger partial charge in [-0.2, -0.15) is 0 Å². The Bertz CT molecular complexity index is 608. The number of nitrogens with zero attached hydrogens (tertiary/aromatic N) is 3. The van der Waals surface area contributed by atoms with Crippen LogP contribution in [0.3, 0.4) is 0 Å². The van der Waals surface area contributed by atoms with E-state index in [2.05, 4.69) is 10.3 Å². The van der Waals surface area contributed by atoms with Gasteiger partial charge in [0.05, 0.1) is 23.0 Å². The number of benzene rings is 1. The lowest BCUT2D eigenvalue weighted by atomic mass is 10.2. The molecule has 0 N–H and O–H groups in total. The highest BCUT2D eigenvalue weighted by atomic mass is 35.7. The van der Waals surface area contributed by atoms with Gasteiger partial charge in [0.2, 0.25) is 0 Å². The van der Waals surface area contributed by atoms with E-state index >= 15 is 0 Å². The van der Waals surface area contributed by atoms with Gasteiger partial charge in [-0.05, 0) is 30.7 Å². The Balaban J connectivity index is 2.53. The largest absolute Gasteiger partial charge is 0.261 e. The van der Waals surface area contributed by atoms with Gasteiger partial charge in [0, 0.05) is 10.7 Å². The summed E-state index contributed by atoms with van der Waals surface area (Å²) in [6, 6.07) is 4.76. The lowest BCUT2D eigenvalue weighted by molar-refractivity contribution is 0.609. The summed E-state index contributed by atoms with van der Waals surface area (Å²) in [6.45, 7) is 1.68. The van der Waals surface area contributed by atoms with Gasteiger partial charge in [-0.15, -0.1) is 5.10 Å². The fourth-order valence-electron chi connectivity index (χ4n) is 1.40. The van der Waals surface area contributed by atoms with Gasteiger partial charge >= 0.3 is 0 Å². The van der Waals surface area contributed by atoms with E-state index < -0.39 is 9.05 Å². The van der Waals surface area contributed by atoms with Crippen LogP contribution in [-0.4, -0.2) is 23.4 Å². The van der Waals surface area contributed by atoms with Crippen molar-refractivity contribution in [1.29, 1.82) is 0 Å². The summed E-state index contributed by atoms with van der Waals surface area (Å²) < 4.78 is 23.9. The molecule has 1 heterocycles. The van der Waals surface area contributed by atoms with Gasteiger partial charge in [-0.1, -0.05) is 5.21 Å². The smallest absolute Gasteiger partial charge is 0.221 e. The topological polar surface area (TPSA) is 64.8 Å². The normalized spacial score (nSPS) is 11.6. The Morgan fingerprint density at radius 3 is 2.62 bits per heavy atom. The zero-order valence-electron chi connectivity index (χ0n) is 8.33. The summed E-state index contributed by atoms with van der Waals surface area (Å²) in [5.74, 6) is 0. The molecule has 1 aromatic heterocycles. The van der Waals surface area contributed by atoms with Crippen molar-refractivity contribution in [3.05, 3.63) is 36.2 Å². The highest BCUT2D eigenvalue weighted by molar-refractivity contribution is 8.13. The Hall–Kier alpha value is -1.40. The molecule has 7 heteroatoms. The second-order valence-electron chi connectivity index (χ2n) is 3.24. The van der Waals surface area contributed by atoms with Crippen LogP contribution in [0, 0.1) is 6.92 Å². The molecule has 0 fully saturated rings. The second kappa shape index (κ2) is 3.88. The van der Waals surface area contributed by atoms with Crippen LogP contribution in [0.4, 0.5) is 0 Å². The fourth-order valence-corrected chi connectivity index (χ4v) is 2.59. The van der Waals surface area contributed by atoms with Crippen LogP contribution in [0.2, 0.25) is 0 Å². The van der Waals surface area contributed by atoms with Crippen molar-refractivity contribution < 1.29 is 8.42 Å². The van der Waals surface area contributed by atoms with Gasteiger partial charge < -0.3 is 0 Å². The summed E-state index contributed by atoms with van der Waals surface area (Å²) in [6.07, 6.45) is 3.21. The highest BCUT2D eigenvalue weighted by Gasteiger charge is 2.13. The summed E-state index contributed by atoms with van der Waals surface area (Å²) in [5.41, 5.74) is 1.31. The molecule has 84 valence electrons.